The average molecular weight is 344 g/mol. The van der Waals surface area contributed by atoms with E-state index in [0.717, 1.165) is 38.2 Å². The summed E-state index contributed by atoms with van der Waals surface area (Å²) < 4.78 is 0. The third-order valence-electron chi connectivity index (χ3n) is 3.42. The van der Waals surface area contributed by atoms with Crippen LogP contribution in [0.5, 0.6) is 0 Å². The van der Waals surface area contributed by atoms with Crippen molar-refractivity contribution in [2.75, 3.05) is 0 Å². The molecule has 0 rings (SSSR count). The first-order chi connectivity index (χ1) is 12.2. The van der Waals surface area contributed by atoms with E-state index in [-0.39, 0.29) is 6.10 Å². The lowest BCUT2D eigenvalue weighted by Gasteiger charge is -2.08. The lowest BCUT2D eigenvalue weighted by Crippen LogP contribution is -2.05. The maximum absolute atomic E-state index is 10.2. The molecule has 0 spiro atoms. The van der Waals surface area contributed by atoms with Crippen molar-refractivity contribution in [2.45, 2.75) is 58.0 Å². The van der Waals surface area contributed by atoms with Gasteiger partial charge in [-0.25, -0.2) is 4.79 Å². The molecule has 0 amide bonds. The molecule has 1 unspecified atom stereocenters. The lowest BCUT2D eigenvalue weighted by molar-refractivity contribution is -0.131. The minimum atomic E-state index is -0.949. The number of rotatable bonds is 14. The second-order valence-electron chi connectivity index (χ2n) is 5.75. The zero-order valence-electron chi connectivity index (χ0n) is 15.3. The highest BCUT2D eigenvalue weighted by Crippen LogP contribution is 2.09. The van der Waals surface area contributed by atoms with Crippen LogP contribution >= 0.6 is 0 Å². The summed E-state index contributed by atoms with van der Waals surface area (Å²) in [7, 11) is 0. The van der Waals surface area contributed by atoms with Crippen LogP contribution < -0.4 is 0 Å². The number of allylic oxidation sites excluding steroid dienone is 11. The van der Waals surface area contributed by atoms with Gasteiger partial charge in [-0.15, -0.1) is 0 Å². The van der Waals surface area contributed by atoms with Crippen LogP contribution in [0.15, 0.2) is 72.9 Å². The summed E-state index contributed by atoms with van der Waals surface area (Å²) >= 11 is 0. The Morgan fingerprint density at radius 2 is 1.32 bits per heavy atom. The summed E-state index contributed by atoms with van der Waals surface area (Å²) in [6.45, 7) is 2.18. The largest absolute Gasteiger partial charge is 0.478 e. The zero-order valence-corrected chi connectivity index (χ0v) is 15.3. The molecule has 0 heterocycles. The van der Waals surface area contributed by atoms with Crippen molar-refractivity contribution in [1.82, 2.24) is 0 Å². The van der Waals surface area contributed by atoms with Crippen LogP contribution in [0.1, 0.15) is 51.9 Å². The summed E-state index contributed by atoms with van der Waals surface area (Å²) in [5, 5.41) is 18.2. The third-order valence-corrected chi connectivity index (χ3v) is 3.42. The van der Waals surface area contributed by atoms with Gasteiger partial charge in [-0.1, -0.05) is 93.0 Å². The van der Waals surface area contributed by atoms with Gasteiger partial charge in [-0.2, -0.15) is 0 Å². The second kappa shape index (κ2) is 18.2. The van der Waals surface area contributed by atoms with E-state index in [2.05, 4.69) is 13.0 Å². The molecule has 0 aliphatic rings. The van der Waals surface area contributed by atoms with Gasteiger partial charge in [0, 0.05) is 6.08 Å². The van der Waals surface area contributed by atoms with E-state index in [1.54, 1.807) is 12.2 Å². The highest BCUT2D eigenvalue weighted by molar-refractivity contribution is 5.80. The lowest BCUT2D eigenvalue weighted by atomic mass is 10.1. The Labute approximate surface area is 152 Å². The number of unbranched alkanes of at least 4 members (excludes halogenated alkanes) is 3. The van der Waals surface area contributed by atoms with Crippen LogP contribution in [-0.2, 0) is 4.79 Å². The molecule has 0 saturated carbocycles. The first-order valence-electron chi connectivity index (χ1n) is 9.07. The minimum absolute atomic E-state index is 0.140. The number of aliphatic hydroxyl groups is 1. The molecular formula is C22H32O3. The number of aliphatic carboxylic acids is 1. The summed E-state index contributed by atoms with van der Waals surface area (Å²) in [4.78, 5) is 10.2. The average Bonchev–Trinajstić information content (AvgIpc) is 2.58. The number of carboxylic acids is 1. The van der Waals surface area contributed by atoms with E-state index in [1.165, 1.54) is 18.9 Å². The second-order valence-corrected chi connectivity index (χ2v) is 5.75. The van der Waals surface area contributed by atoms with E-state index < -0.39 is 5.97 Å². The summed E-state index contributed by atoms with van der Waals surface area (Å²) in [5.41, 5.74) is 0. The van der Waals surface area contributed by atoms with Gasteiger partial charge in [0.1, 0.15) is 0 Å². The monoisotopic (exact) mass is 344 g/mol. The predicted octanol–water partition coefficient (Wildman–Crippen LogP) is 5.52. The molecule has 2 N–H and O–H groups in total. The first-order valence-corrected chi connectivity index (χ1v) is 9.07. The Morgan fingerprint density at radius 3 is 1.88 bits per heavy atom. The molecule has 0 aliphatic carbocycles. The SMILES string of the molecule is CCCCCC(O)CCC\C=C/C=C\C=C\C=C/C=C\C=C\C(=O)O. The Hall–Kier alpha value is -2.13. The first kappa shape index (κ1) is 22.9. The maximum atomic E-state index is 10.2. The fourth-order valence-electron chi connectivity index (χ4n) is 2.07. The zero-order chi connectivity index (χ0) is 18.6. The molecule has 0 aromatic carbocycles. The van der Waals surface area contributed by atoms with Crippen molar-refractivity contribution in [2.24, 2.45) is 0 Å². The molecule has 1 atom stereocenters. The molecule has 0 radical (unpaired) electrons. The Morgan fingerprint density at radius 1 is 0.800 bits per heavy atom. The van der Waals surface area contributed by atoms with Gasteiger partial charge in [0.05, 0.1) is 6.10 Å². The molecule has 0 bridgehead atoms. The van der Waals surface area contributed by atoms with Crippen molar-refractivity contribution in [1.29, 1.82) is 0 Å². The van der Waals surface area contributed by atoms with Crippen molar-refractivity contribution in [3.8, 4) is 0 Å². The highest BCUT2D eigenvalue weighted by Gasteiger charge is 2.01. The molecule has 0 aromatic heterocycles. The maximum Gasteiger partial charge on any atom is 0.328 e. The van der Waals surface area contributed by atoms with Gasteiger partial charge in [-0.3, -0.25) is 0 Å². The Balaban J connectivity index is 3.69. The molecular weight excluding hydrogens is 312 g/mol. The fraction of sp³-hybridized carbons (Fsp3) is 0.409. The van der Waals surface area contributed by atoms with Gasteiger partial charge in [0.25, 0.3) is 0 Å². The van der Waals surface area contributed by atoms with Crippen molar-refractivity contribution in [3.63, 3.8) is 0 Å². The molecule has 0 aromatic rings. The number of hydrogen-bond acceptors (Lipinski definition) is 2. The van der Waals surface area contributed by atoms with Crippen LogP contribution in [0.4, 0.5) is 0 Å². The van der Waals surface area contributed by atoms with Gasteiger partial charge < -0.3 is 10.2 Å². The quantitative estimate of drug-likeness (QED) is 0.248. The van der Waals surface area contributed by atoms with Crippen LogP contribution in [0.3, 0.4) is 0 Å². The number of carboxylic acid groups (broad SMARTS) is 1. The van der Waals surface area contributed by atoms with Crippen LogP contribution in [0.2, 0.25) is 0 Å². The van der Waals surface area contributed by atoms with Crippen molar-refractivity contribution < 1.29 is 15.0 Å². The van der Waals surface area contributed by atoms with Crippen LogP contribution in [-0.4, -0.2) is 22.3 Å². The topological polar surface area (TPSA) is 57.5 Å². The van der Waals surface area contributed by atoms with Crippen molar-refractivity contribution in [3.05, 3.63) is 72.9 Å². The van der Waals surface area contributed by atoms with Crippen molar-refractivity contribution >= 4 is 5.97 Å². The Bertz CT molecular complexity index is 493. The summed E-state index contributed by atoms with van der Waals surface area (Å²) in [6.07, 6.45) is 28.9. The normalized spacial score (nSPS) is 14.3. The van der Waals surface area contributed by atoms with Gasteiger partial charge in [0.15, 0.2) is 0 Å². The van der Waals surface area contributed by atoms with E-state index in [9.17, 15) is 9.90 Å². The van der Waals surface area contributed by atoms with Crippen LogP contribution in [0, 0.1) is 0 Å². The van der Waals surface area contributed by atoms with E-state index in [4.69, 9.17) is 5.11 Å². The van der Waals surface area contributed by atoms with E-state index in [0.29, 0.717) is 0 Å². The molecule has 138 valence electrons. The summed E-state index contributed by atoms with van der Waals surface area (Å²) in [6, 6.07) is 0. The highest BCUT2D eigenvalue weighted by atomic mass is 16.4. The van der Waals surface area contributed by atoms with E-state index in [1.807, 2.05) is 42.5 Å². The van der Waals surface area contributed by atoms with Gasteiger partial charge >= 0.3 is 5.97 Å². The molecule has 3 heteroatoms. The third kappa shape index (κ3) is 19.8. The number of carbonyl (C=O) groups is 1. The molecule has 0 fully saturated rings. The molecule has 3 nitrogen and oxygen atoms in total. The van der Waals surface area contributed by atoms with E-state index >= 15 is 0 Å². The number of aliphatic hydroxyl groups excluding tert-OH is 1. The Kier molecular flexibility index (Phi) is 16.7. The van der Waals surface area contributed by atoms with Gasteiger partial charge in [0.2, 0.25) is 0 Å². The minimum Gasteiger partial charge on any atom is -0.478 e. The summed E-state index contributed by atoms with van der Waals surface area (Å²) in [5.74, 6) is -0.949. The molecule has 25 heavy (non-hydrogen) atoms. The number of hydrogen-bond donors (Lipinski definition) is 2. The predicted molar refractivity (Wildman–Crippen MR) is 106 cm³/mol. The van der Waals surface area contributed by atoms with Crippen LogP contribution in [0.25, 0.3) is 0 Å². The van der Waals surface area contributed by atoms with Gasteiger partial charge in [-0.05, 0) is 25.7 Å². The molecule has 0 saturated heterocycles. The molecule has 0 aliphatic heterocycles. The standard InChI is InChI=1S/C22H32O3/c1-2-3-15-18-21(23)19-16-13-11-9-7-5-4-6-8-10-12-14-17-20-22(24)25/h4-12,14,17,20-21,23H,2-3,13,15-16,18-19H2,1H3,(H,24,25)/b6-4+,7-5-,10-8-,11-9-,14-12-,20-17+. The smallest absolute Gasteiger partial charge is 0.328 e. The fourth-order valence-corrected chi connectivity index (χ4v) is 2.07.